The van der Waals surface area contributed by atoms with Crippen LogP contribution in [0.25, 0.3) is 0 Å². The monoisotopic (exact) mass is 413 g/mol. The Morgan fingerprint density at radius 1 is 1.28 bits per heavy atom. The minimum Gasteiger partial charge on any atom is -0.386 e. The average molecular weight is 414 g/mol. The number of benzene rings is 2. The van der Waals surface area contributed by atoms with E-state index in [0.717, 1.165) is 42.2 Å². The largest absolute Gasteiger partial charge is 0.386 e. The number of carbonyl (C=O) groups excluding carboxylic acids is 2. The second kappa shape index (κ2) is 9.56. The molecule has 0 aromatic heterocycles. The van der Waals surface area contributed by atoms with E-state index in [2.05, 4.69) is 21.9 Å². The number of nitrogens with one attached hydrogen (secondary N) is 2. The Morgan fingerprint density at radius 2 is 2.07 bits per heavy atom. The van der Waals surface area contributed by atoms with Crippen LogP contribution >= 0.6 is 11.6 Å². The molecule has 6 nitrogen and oxygen atoms in total. The standard InChI is InChI=1S/C22H24ClN3O3/c1-14-10-15(2)22(18(23)11-14)26-20(27)12-24-29-13-21(28)25-19-9-5-7-16-6-3-4-8-17(16)19/h3-4,6,8,10-12,19H,5,7,9,13H2,1-2H3,(H,25,28)(H,26,27). The number of carbonyl (C=O) groups is 2. The summed E-state index contributed by atoms with van der Waals surface area (Å²) in [6.07, 6.45) is 3.94. The van der Waals surface area contributed by atoms with Crippen molar-refractivity contribution >= 4 is 35.3 Å². The highest BCUT2D eigenvalue weighted by Gasteiger charge is 2.21. The number of hydrogen-bond acceptors (Lipinski definition) is 4. The minimum absolute atomic E-state index is 0.0185. The lowest BCUT2D eigenvalue weighted by Crippen LogP contribution is -2.33. The molecule has 1 aliphatic carbocycles. The number of aryl methyl sites for hydroxylation is 3. The van der Waals surface area contributed by atoms with E-state index in [1.54, 1.807) is 6.07 Å². The van der Waals surface area contributed by atoms with Gasteiger partial charge in [-0.1, -0.05) is 47.1 Å². The first-order valence-electron chi connectivity index (χ1n) is 9.54. The van der Waals surface area contributed by atoms with Crippen molar-refractivity contribution in [3.05, 3.63) is 63.7 Å². The topological polar surface area (TPSA) is 79.8 Å². The molecule has 29 heavy (non-hydrogen) atoms. The zero-order chi connectivity index (χ0) is 20.8. The van der Waals surface area contributed by atoms with E-state index in [9.17, 15) is 9.59 Å². The Kier molecular flexibility index (Phi) is 6.88. The molecule has 0 spiro atoms. The molecule has 2 aromatic rings. The van der Waals surface area contributed by atoms with Crippen LogP contribution in [-0.2, 0) is 20.8 Å². The highest BCUT2D eigenvalue weighted by Crippen LogP contribution is 2.29. The van der Waals surface area contributed by atoms with E-state index in [-0.39, 0.29) is 18.6 Å². The van der Waals surface area contributed by atoms with Crippen LogP contribution in [0.4, 0.5) is 5.69 Å². The molecule has 0 radical (unpaired) electrons. The molecule has 2 amide bonds. The number of amides is 2. The maximum atomic E-state index is 12.1. The summed E-state index contributed by atoms with van der Waals surface area (Å²) in [5, 5.41) is 9.67. The molecular formula is C22H24ClN3O3. The molecule has 0 aliphatic heterocycles. The third-order valence-corrected chi connectivity index (χ3v) is 5.12. The maximum absolute atomic E-state index is 12.1. The number of nitrogens with zero attached hydrogens (tertiary/aromatic N) is 1. The second-order valence-corrected chi connectivity index (χ2v) is 7.55. The second-order valence-electron chi connectivity index (χ2n) is 7.15. The SMILES string of the molecule is Cc1cc(C)c(NC(=O)C=NOCC(=O)NC2CCCc3ccccc32)c(Cl)c1. The molecule has 1 unspecified atom stereocenters. The number of fused-ring (bicyclic) bond motifs is 1. The van der Waals surface area contributed by atoms with E-state index in [1.165, 1.54) is 5.56 Å². The van der Waals surface area contributed by atoms with E-state index in [0.29, 0.717) is 10.7 Å². The van der Waals surface area contributed by atoms with Crippen molar-refractivity contribution in [3.63, 3.8) is 0 Å². The molecule has 0 heterocycles. The molecule has 0 saturated heterocycles. The Bertz CT molecular complexity index is 920. The smallest absolute Gasteiger partial charge is 0.270 e. The molecular weight excluding hydrogens is 390 g/mol. The first-order valence-corrected chi connectivity index (χ1v) is 9.92. The highest BCUT2D eigenvalue weighted by molar-refractivity contribution is 6.37. The number of hydrogen-bond donors (Lipinski definition) is 2. The third kappa shape index (κ3) is 5.57. The summed E-state index contributed by atoms with van der Waals surface area (Å²) < 4.78 is 0. The molecule has 1 aliphatic rings. The van der Waals surface area contributed by atoms with E-state index in [1.807, 2.05) is 38.1 Å². The molecule has 7 heteroatoms. The van der Waals surface area contributed by atoms with Crippen molar-refractivity contribution < 1.29 is 14.4 Å². The Labute approximate surface area is 175 Å². The molecule has 3 rings (SSSR count). The van der Waals surface area contributed by atoms with Gasteiger partial charge >= 0.3 is 0 Å². The van der Waals surface area contributed by atoms with Gasteiger partial charge in [-0.3, -0.25) is 9.59 Å². The van der Waals surface area contributed by atoms with E-state index in [4.69, 9.17) is 16.4 Å². The van der Waals surface area contributed by atoms with Gasteiger partial charge in [-0.15, -0.1) is 0 Å². The summed E-state index contributed by atoms with van der Waals surface area (Å²) in [6, 6.07) is 11.8. The lowest BCUT2D eigenvalue weighted by atomic mass is 9.88. The molecule has 2 N–H and O–H groups in total. The van der Waals surface area contributed by atoms with Gasteiger partial charge < -0.3 is 15.5 Å². The molecule has 0 bridgehead atoms. The summed E-state index contributed by atoms with van der Waals surface area (Å²) in [6.45, 7) is 3.53. The summed E-state index contributed by atoms with van der Waals surface area (Å²) in [4.78, 5) is 29.1. The van der Waals surface area contributed by atoms with Crippen molar-refractivity contribution in [1.82, 2.24) is 5.32 Å². The summed E-state index contributed by atoms with van der Waals surface area (Å²) in [5.74, 6) is -0.762. The van der Waals surface area contributed by atoms with Crippen LogP contribution in [0.2, 0.25) is 5.02 Å². The lowest BCUT2D eigenvalue weighted by molar-refractivity contribution is -0.126. The zero-order valence-corrected chi connectivity index (χ0v) is 17.3. The van der Waals surface area contributed by atoms with Crippen molar-refractivity contribution in [1.29, 1.82) is 0 Å². The van der Waals surface area contributed by atoms with Gasteiger partial charge in [-0.05, 0) is 61.4 Å². The van der Waals surface area contributed by atoms with Crippen LogP contribution < -0.4 is 10.6 Å². The van der Waals surface area contributed by atoms with Crippen LogP contribution in [-0.4, -0.2) is 24.6 Å². The predicted octanol–water partition coefficient (Wildman–Crippen LogP) is 4.09. The fourth-order valence-corrected chi connectivity index (χ4v) is 3.92. The molecule has 1 atom stereocenters. The first kappa shape index (κ1) is 20.9. The van der Waals surface area contributed by atoms with Crippen molar-refractivity contribution in [2.24, 2.45) is 5.16 Å². The number of rotatable bonds is 6. The van der Waals surface area contributed by atoms with Crippen LogP contribution in [0.15, 0.2) is 41.6 Å². The molecule has 152 valence electrons. The van der Waals surface area contributed by atoms with Crippen molar-refractivity contribution in [2.45, 2.75) is 39.2 Å². The number of halogens is 1. The Balaban J connectivity index is 1.47. The van der Waals surface area contributed by atoms with E-state index >= 15 is 0 Å². The number of anilines is 1. The molecule has 2 aromatic carbocycles. The van der Waals surface area contributed by atoms with Gasteiger partial charge in [0.2, 0.25) is 0 Å². The predicted molar refractivity (Wildman–Crippen MR) is 114 cm³/mol. The Hall–Kier alpha value is -2.86. The van der Waals surface area contributed by atoms with Crippen LogP contribution in [0.3, 0.4) is 0 Å². The van der Waals surface area contributed by atoms with Gasteiger partial charge in [0.25, 0.3) is 11.8 Å². The summed E-state index contributed by atoms with van der Waals surface area (Å²) >= 11 is 6.17. The van der Waals surface area contributed by atoms with Crippen LogP contribution in [0, 0.1) is 13.8 Å². The fraction of sp³-hybridized carbons (Fsp3) is 0.318. The normalized spacial score (nSPS) is 15.6. The summed E-state index contributed by atoms with van der Waals surface area (Å²) in [7, 11) is 0. The van der Waals surface area contributed by atoms with Gasteiger partial charge in [0.15, 0.2) is 6.61 Å². The van der Waals surface area contributed by atoms with Gasteiger partial charge in [0.05, 0.1) is 16.8 Å². The van der Waals surface area contributed by atoms with Gasteiger partial charge in [-0.2, -0.15) is 0 Å². The minimum atomic E-state index is -0.486. The first-order chi connectivity index (χ1) is 13.9. The quantitative estimate of drug-likeness (QED) is 0.552. The van der Waals surface area contributed by atoms with Crippen LogP contribution in [0.1, 0.15) is 41.1 Å². The fourth-order valence-electron chi connectivity index (χ4n) is 3.55. The summed E-state index contributed by atoms with van der Waals surface area (Å²) in [5.41, 5.74) is 4.81. The highest BCUT2D eigenvalue weighted by atomic mass is 35.5. The van der Waals surface area contributed by atoms with Gasteiger partial charge in [0.1, 0.15) is 6.21 Å². The lowest BCUT2D eigenvalue weighted by Gasteiger charge is -2.26. The van der Waals surface area contributed by atoms with Crippen LogP contribution in [0.5, 0.6) is 0 Å². The van der Waals surface area contributed by atoms with E-state index < -0.39 is 5.91 Å². The Morgan fingerprint density at radius 3 is 2.86 bits per heavy atom. The van der Waals surface area contributed by atoms with Crippen molar-refractivity contribution in [3.8, 4) is 0 Å². The van der Waals surface area contributed by atoms with Gasteiger partial charge in [-0.25, -0.2) is 0 Å². The van der Waals surface area contributed by atoms with Crippen molar-refractivity contribution in [2.75, 3.05) is 11.9 Å². The maximum Gasteiger partial charge on any atom is 0.270 e. The number of oxime groups is 1. The molecule has 0 fully saturated rings. The third-order valence-electron chi connectivity index (χ3n) is 4.82. The zero-order valence-electron chi connectivity index (χ0n) is 16.5. The van der Waals surface area contributed by atoms with Gasteiger partial charge in [0, 0.05) is 0 Å². The average Bonchev–Trinajstić information content (AvgIpc) is 2.68. The molecule has 0 saturated carbocycles.